The van der Waals surface area contributed by atoms with Gasteiger partial charge in [-0.15, -0.1) is 0 Å². The molecule has 10 atom stereocenters. The average Bonchev–Trinajstić information content (AvgIpc) is 3.79. The number of H-pyrrole nitrogens is 1. The molecule has 0 aliphatic carbocycles. The van der Waals surface area contributed by atoms with Crippen molar-refractivity contribution in [3.05, 3.63) is 75.6 Å². The van der Waals surface area contributed by atoms with Crippen molar-refractivity contribution in [3.8, 4) is 5.75 Å². The first-order valence-electron chi connectivity index (χ1n) is 16.6. The van der Waals surface area contributed by atoms with E-state index in [2.05, 4.69) is 15.0 Å². The van der Waals surface area contributed by atoms with Crippen molar-refractivity contribution in [2.24, 2.45) is 0 Å². The number of benzene rings is 1. The summed E-state index contributed by atoms with van der Waals surface area (Å²) >= 11 is 0.554. The van der Waals surface area contributed by atoms with Crippen LogP contribution in [0.2, 0.25) is 0 Å². The van der Waals surface area contributed by atoms with Gasteiger partial charge in [0, 0.05) is 18.0 Å². The Kier molecular flexibility index (Phi) is 11.5. The van der Waals surface area contributed by atoms with E-state index in [1.165, 1.54) is 28.8 Å². The maximum absolute atomic E-state index is 16.3. The Morgan fingerprint density at radius 2 is 1.66 bits per heavy atom. The number of fused-ring (bicyclic) bond motifs is 5. The van der Waals surface area contributed by atoms with Crippen molar-refractivity contribution >= 4 is 49.1 Å². The van der Waals surface area contributed by atoms with Gasteiger partial charge in [-0.05, 0) is 42.9 Å². The minimum absolute atomic E-state index is 0.0281. The summed E-state index contributed by atoms with van der Waals surface area (Å²) in [6.07, 6.45) is -13.3. The predicted octanol–water partition coefficient (Wildman–Crippen LogP) is 3.31. The molecule has 3 aromatic heterocycles. The molecule has 3 aliphatic heterocycles. The lowest BCUT2D eigenvalue weighted by molar-refractivity contribution is -0.0648. The second-order valence-corrected chi connectivity index (χ2v) is 18.1. The van der Waals surface area contributed by atoms with Crippen LogP contribution in [0.1, 0.15) is 31.9 Å². The van der Waals surface area contributed by atoms with Gasteiger partial charge in [0.05, 0.1) is 25.6 Å². The van der Waals surface area contributed by atoms with Crippen LogP contribution in [-0.4, -0.2) is 96.2 Å². The molecule has 3 fully saturated rings. The van der Waals surface area contributed by atoms with Crippen molar-refractivity contribution in [3.63, 3.8) is 0 Å². The number of nitrogens with two attached hydrogens (primary N) is 1. The summed E-state index contributed by atoms with van der Waals surface area (Å²) in [5.74, 6) is -0.0266. The van der Waals surface area contributed by atoms with Gasteiger partial charge < -0.3 is 29.6 Å². The van der Waals surface area contributed by atoms with Gasteiger partial charge in [-0.2, -0.15) is 0 Å². The van der Waals surface area contributed by atoms with Gasteiger partial charge in [0.2, 0.25) is 0 Å². The number of carbonyl (C=O) groups is 1. The molecular formula is C30H33F2N7O14P2S. The third-order valence-electron chi connectivity index (χ3n) is 8.47. The first-order valence-corrected chi connectivity index (χ1v) is 21.3. The molecule has 0 radical (unpaired) electrons. The van der Waals surface area contributed by atoms with E-state index in [1.54, 1.807) is 13.8 Å². The average molecular weight is 848 g/mol. The van der Waals surface area contributed by atoms with Crippen LogP contribution in [-0.2, 0) is 47.2 Å². The second-order valence-electron chi connectivity index (χ2n) is 12.7. The van der Waals surface area contributed by atoms with Crippen LogP contribution < -0.4 is 21.7 Å². The number of phosphoric ester groups is 1. The number of carbonyl (C=O) groups excluding carboxylic acids is 1. The number of hydrogen-bond acceptors (Lipinski definition) is 18. The number of anilines is 1. The van der Waals surface area contributed by atoms with Gasteiger partial charge in [-0.25, -0.2) is 42.5 Å². The Bertz CT molecular complexity index is 2300. The number of nitrogens with one attached hydrogen (secondary N) is 1. The number of aromatic nitrogens is 6. The number of halogens is 2. The van der Waals surface area contributed by atoms with Crippen molar-refractivity contribution in [1.29, 1.82) is 0 Å². The number of rotatable bonds is 7. The third kappa shape index (κ3) is 8.59. The highest BCUT2D eigenvalue weighted by atomic mass is 32.7. The Hall–Kier alpha value is -4.09. The van der Waals surface area contributed by atoms with E-state index in [4.69, 9.17) is 42.8 Å². The molecule has 26 heteroatoms. The highest BCUT2D eigenvalue weighted by Gasteiger charge is 2.55. The largest absolute Gasteiger partial charge is 0.514 e. The Labute approximate surface area is 317 Å². The van der Waals surface area contributed by atoms with Crippen molar-refractivity contribution in [2.75, 3.05) is 18.9 Å². The highest BCUT2D eigenvalue weighted by molar-refractivity contribution is 8.54. The molecule has 2 unspecified atom stereocenters. The van der Waals surface area contributed by atoms with Crippen LogP contribution in [0.5, 0.6) is 5.75 Å². The van der Waals surface area contributed by atoms with Crippen LogP contribution in [0.25, 0.3) is 11.2 Å². The minimum atomic E-state index is -5.26. The molecule has 4 N–H and O–H groups in total. The molecule has 21 nitrogen and oxygen atoms in total. The van der Waals surface area contributed by atoms with Crippen molar-refractivity contribution in [1.82, 2.24) is 29.1 Å². The van der Waals surface area contributed by atoms with Crippen molar-refractivity contribution < 1.29 is 64.6 Å². The summed E-state index contributed by atoms with van der Waals surface area (Å²) in [4.78, 5) is 61.3. The van der Waals surface area contributed by atoms with Gasteiger partial charge in [0.15, 0.2) is 36.3 Å². The van der Waals surface area contributed by atoms with Gasteiger partial charge in [0.25, 0.3) is 5.56 Å². The Morgan fingerprint density at radius 3 is 2.34 bits per heavy atom. The zero-order chi connectivity index (χ0) is 39.9. The van der Waals surface area contributed by atoms with Crippen LogP contribution in [0.3, 0.4) is 0 Å². The maximum atomic E-state index is 16.3. The fourth-order valence-corrected chi connectivity index (χ4v) is 10.2. The number of nitrogen functional groups attached to an aromatic ring is 1. The van der Waals surface area contributed by atoms with Crippen LogP contribution in [0.15, 0.2) is 58.8 Å². The van der Waals surface area contributed by atoms with E-state index in [1.807, 2.05) is 4.98 Å². The lowest BCUT2D eigenvalue weighted by Gasteiger charge is -2.27. The molecule has 0 saturated carbocycles. The number of alkyl halides is 2. The van der Waals surface area contributed by atoms with Crippen molar-refractivity contribution in [2.45, 2.75) is 74.9 Å². The molecule has 3 aliphatic rings. The summed E-state index contributed by atoms with van der Waals surface area (Å²) in [6, 6.07) is 6.86. The van der Waals surface area contributed by atoms with E-state index in [0.717, 1.165) is 29.5 Å². The molecular weight excluding hydrogens is 814 g/mol. The molecule has 3 saturated heterocycles. The van der Waals surface area contributed by atoms with E-state index >= 15 is 8.78 Å². The maximum Gasteiger partial charge on any atom is 0.514 e. The summed E-state index contributed by atoms with van der Waals surface area (Å²) in [5.41, 5.74) is 4.68. The lowest BCUT2D eigenvalue weighted by atomic mass is 10.1. The normalized spacial score (nSPS) is 32.3. The molecule has 0 amide bonds. The highest BCUT2D eigenvalue weighted by Crippen LogP contribution is 2.65. The smallest absolute Gasteiger partial charge is 0.431 e. The zero-order valence-electron chi connectivity index (χ0n) is 29.1. The van der Waals surface area contributed by atoms with E-state index < -0.39 is 101 Å². The first kappa shape index (κ1) is 40.1. The van der Waals surface area contributed by atoms with Gasteiger partial charge in [0.1, 0.15) is 42.0 Å². The number of imidazole rings is 1. The Morgan fingerprint density at radius 1 is 1.00 bits per heavy atom. The minimum Gasteiger partial charge on any atom is -0.431 e. The fourth-order valence-electron chi connectivity index (χ4n) is 5.90. The molecule has 0 spiro atoms. The van der Waals surface area contributed by atoms with Crippen LogP contribution in [0, 0.1) is 0 Å². The predicted molar refractivity (Wildman–Crippen MR) is 188 cm³/mol. The summed E-state index contributed by atoms with van der Waals surface area (Å²) < 4.78 is 106. The summed E-state index contributed by atoms with van der Waals surface area (Å²) in [5, 5.41) is 0. The standard InChI is InChI=1S/C30H33F2N7O14P2S/c1-14(2)48-30(42)49-16-5-3-15(4-6-16)11-56-55(45)47-10-18-20(31)23(28(51-18)39-13-36-22-25(33)34-12-35-26(22)39)52-54(43,44)46-9-17-21(32)24(53-55)27(50-17)38-8-7-19(40)37-29(38)41/h3-8,12-14,17-18,20-21,23-24,27-28H,9-11H2,1-2H3,(H,43,44)(H2,33,34,35)(H,37,40,41)/t17-,18-,20-,21-,23-,24-,27-,28-,55?/m1/s1. The first-order chi connectivity index (χ1) is 26.6. The quantitative estimate of drug-likeness (QED) is 0.137. The van der Waals surface area contributed by atoms with E-state index in [0.29, 0.717) is 16.9 Å². The van der Waals surface area contributed by atoms with Gasteiger partial charge in [-0.3, -0.25) is 37.0 Å². The van der Waals surface area contributed by atoms with E-state index in [9.17, 15) is 28.4 Å². The SMILES string of the molecule is CC(C)OC(=O)Oc1ccc(CSP2(=O)OC[C@H]3O[C@@H](n4cnc5c(N)ncnc54)[C@H](OP(=O)(O)OC[C@H]4O[C@@H](n5ccc(=O)[nH]c5=O)[C@H](O2)[C@@H]4F)[C@@H]3F)cc1. The fraction of sp³-hybridized carbons (Fsp3) is 0.467. The molecule has 302 valence electrons. The lowest BCUT2D eigenvalue weighted by Crippen LogP contribution is -2.38. The van der Waals surface area contributed by atoms with Crippen LogP contribution in [0.4, 0.5) is 19.4 Å². The van der Waals surface area contributed by atoms with Crippen LogP contribution >= 0.6 is 26.0 Å². The molecule has 4 aromatic rings. The number of aromatic amines is 1. The third-order valence-corrected chi connectivity index (χ3v) is 13.1. The molecule has 4 bridgehead atoms. The number of ether oxygens (including phenoxy) is 4. The molecule has 56 heavy (non-hydrogen) atoms. The summed E-state index contributed by atoms with van der Waals surface area (Å²) in [6.45, 7) is -3.24. The van der Waals surface area contributed by atoms with Gasteiger partial charge >= 0.3 is 26.5 Å². The molecule has 6 heterocycles. The summed E-state index contributed by atoms with van der Waals surface area (Å²) in [7, 11) is -5.26. The number of nitrogens with zero attached hydrogens (tertiary/aromatic N) is 5. The second kappa shape index (κ2) is 16.0. The monoisotopic (exact) mass is 847 g/mol. The zero-order valence-corrected chi connectivity index (χ0v) is 31.7. The van der Waals surface area contributed by atoms with E-state index in [-0.39, 0.29) is 28.5 Å². The number of hydrogen-bond donors (Lipinski definition) is 3. The van der Waals surface area contributed by atoms with Gasteiger partial charge in [-0.1, -0.05) is 12.1 Å². The molecule has 7 rings (SSSR count). The Balaban J connectivity index is 1.21. The number of phosphoric acid groups is 1. The molecule has 1 aromatic carbocycles. The topological polar surface area (TPSA) is 270 Å².